The highest BCUT2D eigenvalue weighted by atomic mass is 35.5. The number of pyridine rings is 1. The van der Waals surface area contributed by atoms with Gasteiger partial charge in [0.05, 0.1) is 28.5 Å². The summed E-state index contributed by atoms with van der Waals surface area (Å²) in [5.74, 6) is -0.898. The monoisotopic (exact) mass is 264 g/mol. The van der Waals surface area contributed by atoms with E-state index in [1.54, 1.807) is 6.92 Å². The van der Waals surface area contributed by atoms with Crippen molar-refractivity contribution in [1.29, 1.82) is 0 Å². The van der Waals surface area contributed by atoms with Crippen LogP contribution in [0, 0.1) is 0 Å². The maximum absolute atomic E-state index is 12.7. The highest BCUT2D eigenvalue weighted by Crippen LogP contribution is 2.30. The number of nitrogens with zero attached hydrogens (tertiary/aromatic N) is 1. The van der Waals surface area contributed by atoms with Crippen molar-refractivity contribution in [2.75, 3.05) is 6.61 Å². The molecule has 0 unspecified atom stereocenters. The fourth-order valence-electron chi connectivity index (χ4n) is 1.26. The molecular weight excluding hydrogens is 254 g/mol. The molecule has 4 nitrogen and oxygen atoms in total. The quantitative estimate of drug-likeness (QED) is 0.848. The van der Waals surface area contributed by atoms with Gasteiger partial charge in [-0.2, -0.15) is 0 Å². The zero-order valence-corrected chi connectivity index (χ0v) is 9.80. The highest BCUT2D eigenvalue weighted by molar-refractivity contribution is 6.34. The molecule has 1 rings (SSSR count). The largest absolute Gasteiger partial charge is 0.462 e. The Bertz CT molecular complexity index is 427. The Morgan fingerprint density at radius 2 is 2.29 bits per heavy atom. The zero-order chi connectivity index (χ0) is 13.0. The van der Waals surface area contributed by atoms with Crippen LogP contribution in [0.2, 0.25) is 5.02 Å². The average Bonchev–Trinajstić information content (AvgIpc) is 2.28. The van der Waals surface area contributed by atoms with E-state index >= 15 is 0 Å². The molecule has 0 aliphatic heterocycles. The molecule has 0 aliphatic carbocycles. The van der Waals surface area contributed by atoms with Gasteiger partial charge in [0, 0.05) is 12.7 Å². The topological polar surface area (TPSA) is 65.2 Å². The number of esters is 1. The van der Waals surface area contributed by atoms with Crippen LogP contribution in [0.15, 0.2) is 6.20 Å². The Morgan fingerprint density at radius 1 is 1.65 bits per heavy atom. The van der Waals surface area contributed by atoms with E-state index in [1.165, 1.54) is 0 Å². The van der Waals surface area contributed by atoms with Gasteiger partial charge < -0.3 is 10.5 Å². The number of rotatable bonds is 4. The van der Waals surface area contributed by atoms with Crippen molar-refractivity contribution in [1.82, 2.24) is 4.98 Å². The smallest absolute Gasteiger partial charge is 0.340 e. The van der Waals surface area contributed by atoms with Crippen LogP contribution in [0.1, 0.15) is 35.0 Å². The molecule has 0 spiro atoms. The Labute approximate surface area is 102 Å². The van der Waals surface area contributed by atoms with E-state index in [4.69, 9.17) is 17.3 Å². The van der Waals surface area contributed by atoms with E-state index in [0.29, 0.717) is 0 Å². The summed E-state index contributed by atoms with van der Waals surface area (Å²) in [6, 6.07) is 0. The maximum atomic E-state index is 12.7. The molecule has 0 saturated heterocycles. The first-order valence-electron chi connectivity index (χ1n) is 4.85. The van der Waals surface area contributed by atoms with Gasteiger partial charge in [-0.1, -0.05) is 11.6 Å². The molecule has 0 bridgehead atoms. The van der Waals surface area contributed by atoms with Crippen LogP contribution in [0.25, 0.3) is 0 Å². The van der Waals surface area contributed by atoms with Gasteiger partial charge in [0.2, 0.25) is 0 Å². The Morgan fingerprint density at radius 3 is 2.76 bits per heavy atom. The summed E-state index contributed by atoms with van der Waals surface area (Å²) in [4.78, 5) is 15.2. The summed E-state index contributed by atoms with van der Waals surface area (Å²) in [6.45, 7) is 1.59. The van der Waals surface area contributed by atoms with Crippen LogP contribution < -0.4 is 5.73 Å². The minimum atomic E-state index is -2.86. The number of alkyl halides is 2. The van der Waals surface area contributed by atoms with Crippen molar-refractivity contribution in [2.24, 2.45) is 5.73 Å². The number of carbonyl (C=O) groups is 1. The molecule has 0 amide bonds. The summed E-state index contributed by atoms with van der Waals surface area (Å²) < 4.78 is 30.1. The Balaban J connectivity index is 3.34. The van der Waals surface area contributed by atoms with E-state index in [0.717, 1.165) is 6.20 Å². The van der Waals surface area contributed by atoms with Gasteiger partial charge in [0.1, 0.15) is 0 Å². The molecule has 0 atom stereocenters. The molecule has 0 saturated carbocycles. The van der Waals surface area contributed by atoms with Gasteiger partial charge >= 0.3 is 5.97 Å². The molecule has 0 radical (unpaired) electrons. The minimum absolute atomic E-state index is 0.0469. The number of aromatic nitrogens is 1. The molecule has 0 aromatic carbocycles. The second-order valence-electron chi connectivity index (χ2n) is 3.07. The van der Waals surface area contributed by atoms with Crippen molar-refractivity contribution < 1.29 is 18.3 Å². The number of hydrogen-bond donors (Lipinski definition) is 1. The van der Waals surface area contributed by atoms with Crippen molar-refractivity contribution >= 4 is 17.6 Å². The van der Waals surface area contributed by atoms with Gasteiger partial charge in [-0.3, -0.25) is 4.98 Å². The van der Waals surface area contributed by atoms with E-state index in [1.807, 2.05) is 0 Å². The maximum Gasteiger partial charge on any atom is 0.340 e. The molecule has 1 aromatic rings. The minimum Gasteiger partial charge on any atom is -0.462 e. The van der Waals surface area contributed by atoms with E-state index < -0.39 is 18.0 Å². The van der Waals surface area contributed by atoms with Gasteiger partial charge in [-0.05, 0) is 6.92 Å². The number of halogens is 3. The normalized spacial score (nSPS) is 10.7. The van der Waals surface area contributed by atoms with Crippen LogP contribution in [-0.4, -0.2) is 17.6 Å². The molecule has 0 aliphatic rings. The van der Waals surface area contributed by atoms with Crippen LogP contribution >= 0.6 is 11.6 Å². The van der Waals surface area contributed by atoms with Gasteiger partial charge in [0.15, 0.2) is 0 Å². The lowest BCUT2D eigenvalue weighted by Gasteiger charge is -2.11. The highest BCUT2D eigenvalue weighted by Gasteiger charge is 2.25. The number of ether oxygens (including phenoxy) is 1. The van der Waals surface area contributed by atoms with Crippen LogP contribution in [0.3, 0.4) is 0 Å². The van der Waals surface area contributed by atoms with Crippen molar-refractivity contribution in [3.05, 3.63) is 28.0 Å². The first kappa shape index (κ1) is 13.8. The first-order chi connectivity index (χ1) is 8.02. The van der Waals surface area contributed by atoms with E-state index in [9.17, 15) is 13.6 Å². The molecule has 7 heteroatoms. The predicted molar refractivity (Wildman–Crippen MR) is 58.1 cm³/mol. The average molecular weight is 265 g/mol. The Hall–Kier alpha value is -1.27. The summed E-state index contributed by atoms with van der Waals surface area (Å²) >= 11 is 5.81. The molecular formula is C10H11ClF2N2O2. The summed E-state index contributed by atoms with van der Waals surface area (Å²) in [6.07, 6.45) is -1.96. The van der Waals surface area contributed by atoms with Crippen LogP contribution in [0.4, 0.5) is 8.78 Å². The lowest BCUT2D eigenvalue weighted by atomic mass is 10.1. The second-order valence-corrected chi connectivity index (χ2v) is 3.45. The lowest BCUT2D eigenvalue weighted by molar-refractivity contribution is 0.0515. The summed E-state index contributed by atoms with van der Waals surface area (Å²) in [5.41, 5.74) is 4.60. The summed E-state index contributed by atoms with van der Waals surface area (Å²) in [5, 5.41) is -0.177. The summed E-state index contributed by atoms with van der Waals surface area (Å²) in [7, 11) is 0. The first-order valence-corrected chi connectivity index (χ1v) is 5.23. The number of hydrogen-bond acceptors (Lipinski definition) is 4. The van der Waals surface area contributed by atoms with Gasteiger partial charge in [-0.25, -0.2) is 13.6 Å². The van der Waals surface area contributed by atoms with E-state index in [2.05, 4.69) is 9.72 Å². The van der Waals surface area contributed by atoms with Crippen molar-refractivity contribution in [3.63, 3.8) is 0 Å². The van der Waals surface area contributed by atoms with Crippen molar-refractivity contribution in [3.8, 4) is 0 Å². The molecule has 94 valence electrons. The van der Waals surface area contributed by atoms with Crippen molar-refractivity contribution in [2.45, 2.75) is 19.9 Å². The molecule has 0 fully saturated rings. The van der Waals surface area contributed by atoms with Gasteiger partial charge in [0.25, 0.3) is 6.43 Å². The molecule has 2 N–H and O–H groups in total. The van der Waals surface area contributed by atoms with Crippen LogP contribution in [0.5, 0.6) is 0 Å². The zero-order valence-electron chi connectivity index (χ0n) is 9.04. The predicted octanol–water partition coefficient (Wildman–Crippen LogP) is 2.31. The van der Waals surface area contributed by atoms with E-state index in [-0.39, 0.29) is 29.4 Å². The standard InChI is InChI=1S/C10H11ClF2N2O2/c1-2-17-10(16)7-5(9(12)13)4-15-6(3-14)8(7)11/h4,9H,2-3,14H2,1H3. The number of carbonyl (C=O) groups excluding carboxylic acids is 1. The lowest BCUT2D eigenvalue weighted by Crippen LogP contribution is -2.13. The molecule has 17 heavy (non-hydrogen) atoms. The SMILES string of the molecule is CCOC(=O)c1c(C(F)F)cnc(CN)c1Cl. The Kier molecular flexibility index (Phi) is 4.77. The third-order valence-electron chi connectivity index (χ3n) is 2.03. The number of nitrogens with two attached hydrogens (primary N) is 1. The third-order valence-corrected chi connectivity index (χ3v) is 2.44. The fourth-order valence-corrected chi connectivity index (χ4v) is 1.57. The molecule has 1 aromatic heterocycles. The fraction of sp³-hybridized carbons (Fsp3) is 0.400. The van der Waals surface area contributed by atoms with Crippen LogP contribution in [-0.2, 0) is 11.3 Å². The van der Waals surface area contributed by atoms with Gasteiger partial charge in [-0.15, -0.1) is 0 Å². The third kappa shape index (κ3) is 2.89. The molecule has 1 heterocycles. The second kappa shape index (κ2) is 5.88.